The van der Waals surface area contributed by atoms with E-state index in [1.54, 1.807) is 12.4 Å². The molecule has 15 heavy (non-hydrogen) atoms. The maximum Gasteiger partial charge on any atom is 0.225 e. The molecule has 0 saturated carbocycles. The van der Waals surface area contributed by atoms with Gasteiger partial charge in [-0.2, -0.15) is 0 Å². The molecule has 0 amide bonds. The Morgan fingerprint density at radius 1 is 1.47 bits per heavy atom. The molecule has 0 aromatic carbocycles. The maximum absolute atomic E-state index is 4.28. The highest BCUT2D eigenvalue weighted by molar-refractivity contribution is 5.31. The zero-order valence-corrected chi connectivity index (χ0v) is 9.40. The molecule has 4 heteroatoms. The van der Waals surface area contributed by atoms with Gasteiger partial charge in [0.2, 0.25) is 5.95 Å². The van der Waals surface area contributed by atoms with Crippen LogP contribution in [0.4, 0.5) is 5.95 Å². The summed E-state index contributed by atoms with van der Waals surface area (Å²) < 4.78 is 0. The third-order valence-corrected chi connectivity index (χ3v) is 3.00. The Hall–Kier alpha value is -1.16. The van der Waals surface area contributed by atoms with Gasteiger partial charge in [0.1, 0.15) is 0 Å². The zero-order chi connectivity index (χ0) is 10.7. The van der Waals surface area contributed by atoms with Crippen molar-refractivity contribution in [3.05, 3.63) is 18.5 Å². The summed E-state index contributed by atoms with van der Waals surface area (Å²) in [4.78, 5) is 10.8. The van der Waals surface area contributed by atoms with Gasteiger partial charge in [-0.05, 0) is 24.9 Å². The molecule has 1 aromatic rings. The minimum absolute atomic E-state index is 0.355. The highest BCUT2D eigenvalue weighted by Gasteiger charge is 2.34. The van der Waals surface area contributed by atoms with Gasteiger partial charge in [-0.25, -0.2) is 9.97 Å². The van der Waals surface area contributed by atoms with Crippen molar-refractivity contribution < 1.29 is 0 Å². The fraction of sp³-hybridized carbons (Fsp3) is 0.636. The highest BCUT2D eigenvalue weighted by atomic mass is 15.3. The Bertz CT molecular complexity index is 314. The number of nitrogens with zero attached hydrogens (tertiary/aromatic N) is 3. The first-order valence-electron chi connectivity index (χ1n) is 5.40. The summed E-state index contributed by atoms with van der Waals surface area (Å²) in [7, 11) is 2.01. The molecule has 2 rings (SSSR count). The van der Waals surface area contributed by atoms with E-state index in [2.05, 4.69) is 27.1 Å². The molecule has 1 atom stereocenters. The normalized spacial score (nSPS) is 25.9. The number of nitrogens with one attached hydrogen (secondary N) is 1. The number of aromatic nitrogens is 2. The first-order valence-corrected chi connectivity index (χ1v) is 5.40. The summed E-state index contributed by atoms with van der Waals surface area (Å²) >= 11 is 0. The monoisotopic (exact) mass is 206 g/mol. The molecule has 1 aliphatic rings. The Labute approximate surface area is 90.7 Å². The van der Waals surface area contributed by atoms with Crippen molar-refractivity contribution in [2.75, 3.05) is 31.6 Å². The van der Waals surface area contributed by atoms with E-state index in [1.165, 1.54) is 6.42 Å². The highest BCUT2D eigenvalue weighted by Crippen LogP contribution is 2.30. The maximum atomic E-state index is 4.28. The van der Waals surface area contributed by atoms with E-state index in [-0.39, 0.29) is 0 Å². The minimum Gasteiger partial charge on any atom is -0.340 e. The van der Waals surface area contributed by atoms with Crippen LogP contribution in [0, 0.1) is 5.41 Å². The van der Waals surface area contributed by atoms with Gasteiger partial charge >= 0.3 is 0 Å². The second-order valence-electron chi connectivity index (χ2n) is 4.56. The lowest BCUT2D eigenvalue weighted by Crippen LogP contribution is -2.33. The van der Waals surface area contributed by atoms with Crippen LogP contribution in [0.1, 0.15) is 13.3 Å². The zero-order valence-electron chi connectivity index (χ0n) is 9.40. The Kier molecular flexibility index (Phi) is 2.86. The summed E-state index contributed by atoms with van der Waals surface area (Å²) in [6.07, 6.45) is 4.80. The molecule has 1 unspecified atom stereocenters. The van der Waals surface area contributed by atoms with E-state index in [0.29, 0.717) is 5.41 Å². The SMILES string of the molecule is CNCC1(C)CCN(c2ncccn2)C1. The summed E-state index contributed by atoms with van der Waals surface area (Å²) in [5, 5.41) is 3.25. The average molecular weight is 206 g/mol. The van der Waals surface area contributed by atoms with Crippen LogP contribution < -0.4 is 10.2 Å². The van der Waals surface area contributed by atoms with Gasteiger partial charge < -0.3 is 10.2 Å². The molecule has 1 fully saturated rings. The lowest BCUT2D eigenvalue weighted by Gasteiger charge is -2.23. The van der Waals surface area contributed by atoms with Gasteiger partial charge in [-0.15, -0.1) is 0 Å². The van der Waals surface area contributed by atoms with Crippen LogP contribution in [0.3, 0.4) is 0 Å². The molecular formula is C11H18N4. The standard InChI is InChI=1S/C11H18N4/c1-11(8-12-2)4-7-15(9-11)10-13-5-3-6-14-10/h3,5-6,12H,4,7-9H2,1-2H3. The van der Waals surface area contributed by atoms with Crippen LogP contribution in [0.15, 0.2) is 18.5 Å². The fourth-order valence-corrected chi connectivity index (χ4v) is 2.22. The van der Waals surface area contributed by atoms with Crippen LogP contribution in [0.25, 0.3) is 0 Å². The quantitative estimate of drug-likeness (QED) is 0.798. The van der Waals surface area contributed by atoms with Gasteiger partial charge in [0.15, 0.2) is 0 Å². The van der Waals surface area contributed by atoms with Crippen molar-refractivity contribution in [2.24, 2.45) is 5.41 Å². The number of rotatable bonds is 3. The van der Waals surface area contributed by atoms with E-state index in [1.807, 2.05) is 13.1 Å². The second-order valence-corrected chi connectivity index (χ2v) is 4.56. The lowest BCUT2D eigenvalue weighted by molar-refractivity contribution is 0.355. The molecule has 2 heterocycles. The van der Waals surface area contributed by atoms with Crippen molar-refractivity contribution in [1.82, 2.24) is 15.3 Å². The van der Waals surface area contributed by atoms with E-state index in [0.717, 1.165) is 25.6 Å². The Balaban J connectivity index is 2.04. The first kappa shape index (κ1) is 10.4. The van der Waals surface area contributed by atoms with Gasteiger partial charge in [-0.1, -0.05) is 6.92 Å². The molecule has 1 aliphatic heterocycles. The smallest absolute Gasteiger partial charge is 0.225 e. The first-order chi connectivity index (χ1) is 7.23. The second kappa shape index (κ2) is 4.14. The largest absolute Gasteiger partial charge is 0.340 e. The number of anilines is 1. The predicted octanol–water partition coefficient (Wildman–Crippen LogP) is 0.912. The summed E-state index contributed by atoms with van der Waals surface area (Å²) in [5.74, 6) is 0.859. The van der Waals surface area contributed by atoms with Crippen molar-refractivity contribution in [3.8, 4) is 0 Å². The third kappa shape index (κ3) is 2.26. The van der Waals surface area contributed by atoms with E-state index < -0.39 is 0 Å². The molecule has 0 aliphatic carbocycles. The molecule has 1 N–H and O–H groups in total. The summed E-state index contributed by atoms with van der Waals surface area (Å²) in [6.45, 7) is 5.46. The van der Waals surface area contributed by atoms with E-state index in [9.17, 15) is 0 Å². The van der Waals surface area contributed by atoms with E-state index >= 15 is 0 Å². The molecule has 1 aromatic heterocycles. The Morgan fingerprint density at radius 3 is 2.87 bits per heavy atom. The fourth-order valence-electron chi connectivity index (χ4n) is 2.22. The van der Waals surface area contributed by atoms with Crippen LogP contribution in [-0.4, -0.2) is 36.6 Å². The van der Waals surface area contributed by atoms with Crippen LogP contribution in [0.5, 0.6) is 0 Å². The number of hydrogen-bond acceptors (Lipinski definition) is 4. The van der Waals surface area contributed by atoms with Crippen molar-refractivity contribution in [3.63, 3.8) is 0 Å². The van der Waals surface area contributed by atoms with E-state index in [4.69, 9.17) is 0 Å². The van der Waals surface area contributed by atoms with Crippen molar-refractivity contribution >= 4 is 5.95 Å². The van der Waals surface area contributed by atoms with Crippen LogP contribution in [-0.2, 0) is 0 Å². The molecule has 0 radical (unpaired) electrons. The van der Waals surface area contributed by atoms with Crippen LogP contribution >= 0.6 is 0 Å². The molecular weight excluding hydrogens is 188 g/mol. The number of hydrogen-bond donors (Lipinski definition) is 1. The molecule has 1 saturated heterocycles. The molecule has 4 nitrogen and oxygen atoms in total. The summed E-state index contributed by atoms with van der Waals surface area (Å²) in [5.41, 5.74) is 0.355. The van der Waals surface area contributed by atoms with Gasteiger partial charge in [0, 0.05) is 32.0 Å². The minimum atomic E-state index is 0.355. The van der Waals surface area contributed by atoms with Crippen molar-refractivity contribution in [1.29, 1.82) is 0 Å². The summed E-state index contributed by atoms with van der Waals surface area (Å²) in [6, 6.07) is 1.85. The van der Waals surface area contributed by atoms with Crippen LogP contribution in [0.2, 0.25) is 0 Å². The molecule has 0 bridgehead atoms. The van der Waals surface area contributed by atoms with Gasteiger partial charge in [-0.3, -0.25) is 0 Å². The predicted molar refractivity (Wildman–Crippen MR) is 60.9 cm³/mol. The third-order valence-electron chi connectivity index (χ3n) is 3.00. The van der Waals surface area contributed by atoms with Crippen molar-refractivity contribution in [2.45, 2.75) is 13.3 Å². The van der Waals surface area contributed by atoms with Gasteiger partial charge in [0.05, 0.1) is 0 Å². The molecule has 0 spiro atoms. The molecule has 82 valence electrons. The lowest BCUT2D eigenvalue weighted by atomic mass is 9.90. The topological polar surface area (TPSA) is 41.0 Å². The average Bonchev–Trinajstić information content (AvgIpc) is 2.63. The Morgan fingerprint density at radius 2 is 2.20 bits per heavy atom. The van der Waals surface area contributed by atoms with Gasteiger partial charge in [0.25, 0.3) is 0 Å².